The van der Waals surface area contributed by atoms with Gasteiger partial charge in [0.1, 0.15) is 0 Å². The molecule has 0 radical (unpaired) electrons. The van der Waals surface area contributed by atoms with Crippen molar-refractivity contribution in [3.8, 4) is 0 Å². The Balaban J connectivity index is 2.19. The minimum absolute atomic E-state index is 0.0277. The number of fused-ring (bicyclic) bond motifs is 1. The second-order valence-electron chi connectivity index (χ2n) is 6.36. The second-order valence-corrected chi connectivity index (χ2v) is 6.36. The van der Waals surface area contributed by atoms with Crippen LogP contribution in [0, 0.1) is 0 Å². The molecule has 1 aliphatic rings. The Bertz CT molecular complexity index is 696. The van der Waals surface area contributed by atoms with Crippen LogP contribution < -0.4 is 0 Å². The number of benzene rings is 1. The van der Waals surface area contributed by atoms with Gasteiger partial charge in [-0.1, -0.05) is 24.3 Å². The summed E-state index contributed by atoms with van der Waals surface area (Å²) in [5, 5.41) is 17.5. The lowest BCUT2D eigenvalue weighted by atomic mass is 9.80. The first-order chi connectivity index (χ1) is 12.4. The van der Waals surface area contributed by atoms with Crippen LogP contribution in [0.5, 0.6) is 0 Å². The fraction of sp³-hybridized carbons (Fsp3) is 0.400. The van der Waals surface area contributed by atoms with Gasteiger partial charge in [-0.25, -0.2) is 0 Å². The van der Waals surface area contributed by atoms with Crippen molar-refractivity contribution in [3.05, 3.63) is 46.5 Å². The number of carboxylic acid groups (broad SMARTS) is 2. The minimum atomic E-state index is -0.885. The normalized spacial score (nSPS) is 13.7. The van der Waals surface area contributed by atoms with Gasteiger partial charge in [0.05, 0.1) is 0 Å². The van der Waals surface area contributed by atoms with Crippen molar-refractivity contribution in [3.63, 3.8) is 0 Å². The summed E-state index contributed by atoms with van der Waals surface area (Å²) in [6.45, 7) is 0. The van der Waals surface area contributed by atoms with Crippen LogP contribution in [0.1, 0.15) is 72.1 Å². The van der Waals surface area contributed by atoms with Gasteiger partial charge in [0.15, 0.2) is 11.6 Å². The maximum Gasteiger partial charge on any atom is 0.303 e. The number of hydrogen-bond donors (Lipinski definition) is 2. The molecule has 0 atom stereocenters. The Morgan fingerprint density at radius 2 is 1.08 bits per heavy atom. The highest BCUT2D eigenvalue weighted by atomic mass is 16.4. The summed E-state index contributed by atoms with van der Waals surface area (Å²) >= 11 is 0. The molecule has 1 aliphatic carbocycles. The van der Waals surface area contributed by atoms with E-state index in [1.54, 1.807) is 24.3 Å². The number of ketones is 2. The molecule has 0 bridgehead atoms. The topological polar surface area (TPSA) is 109 Å². The van der Waals surface area contributed by atoms with Crippen molar-refractivity contribution < 1.29 is 29.4 Å². The monoisotopic (exact) mass is 358 g/mol. The summed E-state index contributed by atoms with van der Waals surface area (Å²) in [5.41, 5.74) is 1.68. The summed E-state index contributed by atoms with van der Waals surface area (Å²) in [5.74, 6) is -2.12. The number of rotatable bonds is 10. The van der Waals surface area contributed by atoms with E-state index in [-0.39, 0.29) is 24.4 Å². The van der Waals surface area contributed by atoms with E-state index < -0.39 is 11.9 Å². The van der Waals surface area contributed by atoms with Crippen molar-refractivity contribution in [2.45, 2.75) is 51.4 Å². The molecule has 6 nitrogen and oxygen atoms in total. The van der Waals surface area contributed by atoms with Gasteiger partial charge < -0.3 is 10.2 Å². The Labute approximate surface area is 151 Å². The molecule has 0 fully saturated rings. The van der Waals surface area contributed by atoms with Crippen molar-refractivity contribution >= 4 is 23.5 Å². The van der Waals surface area contributed by atoms with Gasteiger partial charge in [0.25, 0.3) is 0 Å². The van der Waals surface area contributed by atoms with E-state index >= 15 is 0 Å². The fourth-order valence-corrected chi connectivity index (χ4v) is 3.16. The molecule has 0 spiro atoms. The van der Waals surface area contributed by atoms with E-state index in [0.29, 0.717) is 60.8 Å². The van der Waals surface area contributed by atoms with E-state index in [0.717, 1.165) is 0 Å². The minimum Gasteiger partial charge on any atom is -0.481 e. The first kappa shape index (κ1) is 19.6. The van der Waals surface area contributed by atoms with E-state index in [1.807, 2.05) is 0 Å². The number of hydrogen-bond acceptors (Lipinski definition) is 4. The fourth-order valence-electron chi connectivity index (χ4n) is 3.16. The van der Waals surface area contributed by atoms with Crippen molar-refractivity contribution in [2.24, 2.45) is 0 Å². The zero-order chi connectivity index (χ0) is 19.1. The van der Waals surface area contributed by atoms with Gasteiger partial charge >= 0.3 is 11.9 Å². The number of aliphatic carboxylic acids is 2. The van der Waals surface area contributed by atoms with Crippen LogP contribution in [0.15, 0.2) is 35.4 Å². The SMILES string of the molecule is O=C(O)CCCCC1=C(CCCCC(=O)O)C(=O)c2ccccc2C1=O. The maximum absolute atomic E-state index is 12.8. The number of carbonyl (C=O) groups is 4. The Hall–Kier alpha value is -2.76. The number of unbranched alkanes of at least 4 members (excludes halogenated alkanes) is 2. The maximum atomic E-state index is 12.8. The zero-order valence-corrected chi connectivity index (χ0v) is 14.5. The summed E-state index contributed by atoms with van der Waals surface area (Å²) in [6, 6.07) is 6.69. The molecule has 1 aromatic rings. The molecule has 0 saturated carbocycles. The number of carbonyl (C=O) groups excluding carboxylic acids is 2. The van der Waals surface area contributed by atoms with E-state index in [4.69, 9.17) is 10.2 Å². The van der Waals surface area contributed by atoms with Gasteiger partial charge in [-0.2, -0.15) is 0 Å². The lowest BCUT2D eigenvalue weighted by Crippen LogP contribution is -2.22. The van der Waals surface area contributed by atoms with Crippen molar-refractivity contribution in [1.29, 1.82) is 0 Å². The Morgan fingerprint density at radius 1 is 0.692 bits per heavy atom. The predicted molar refractivity (Wildman–Crippen MR) is 94.3 cm³/mol. The lowest BCUT2D eigenvalue weighted by Gasteiger charge is -2.21. The van der Waals surface area contributed by atoms with Gasteiger partial charge in [-0.15, -0.1) is 0 Å². The molecule has 1 aromatic carbocycles. The highest BCUT2D eigenvalue weighted by molar-refractivity contribution is 6.26. The van der Waals surface area contributed by atoms with Gasteiger partial charge in [-0.3, -0.25) is 19.2 Å². The average Bonchev–Trinajstić information content (AvgIpc) is 2.60. The van der Waals surface area contributed by atoms with Crippen molar-refractivity contribution in [2.75, 3.05) is 0 Å². The van der Waals surface area contributed by atoms with Crippen LogP contribution in [0.3, 0.4) is 0 Å². The predicted octanol–water partition coefficient (Wildman–Crippen LogP) is 3.65. The number of Topliss-reactive ketones (excluding diaryl/α,β-unsaturated/α-hetero) is 2. The van der Waals surface area contributed by atoms with E-state index in [9.17, 15) is 19.2 Å². The van der Waals surface area contributed by atoms with Crippen molar-refractivity contribution in [1.82, 2.24) is 0 Å². The first-order valence-corrected chi connectivity index (χ1v) is 8.76. The molecule has 2 rings (SSSR count). The lowest BCUT2D eigenvalue weighted by molar-refractivity contribution is -0.138. The molecule has 0 amide bonds. The molecule has 0 aromatic heterocycles. The van der Waals surface area contributed by atoms with Crippen LogP contribution in [-0.4, -0.2) is 33.7 Å². The molecule has 2 N–H and O–H groups in total. The third-order valence-electron chi connectivity index (χ3n) is 4.46. The van der Waals surface area contributed by atoms with Gasteiger partial charge in [-0.05, 0) is 38.5 Å². The first-order valence-electron chi connectivity index (χ1n) is 8.76. The van der Waals surface area contributed by atoms with Crippen LogP contribution >= 0.6 is 0 Å². The van der Waals surface area contributed by atoms with Gasteiger partial charge in [0.2, 0.25) is 0 Å². The van der Waals surface area contributed by atoms with Gasteiger partial charge in [0, 0.05) is 35.1 Å². The summed E-state index contributed by atoms with van der Waals surface area (Å²) < 4.78 is 0. The molecule has 0 aliphatic heterocycles. The highest BCUT2D eigenvalue weighted by Gasteiger charge is 2.30. The number of carboxylic acids is 2. The van der Waals surface area contributed by atoms with Crippen LogP contribution in [-0.2, 0) is 9.59 Å². The summed E-state index contributed by atoms with van der Waals surface area (Å²) in [6.07, 6.45) is 2.69. The Kier molecular flexibility index (Phi) is 6.83. The molecule has 26 heavy (non-hydrogen) atoms. The zero-order valence-electron chi connectivity index (χ0n) is 14.5. The van der Waals surface area contributed by atoms with Crippen LogP contribution in [0.25, 0.3) is 0 Å². The average molecular weight is 358 g/mol. The molecule has 138 valence electrons. The largest absolute Gasteiger partial charge is 0.481 e. The van der Waals surface area contributed by atoms with Crippen LogP contribution in [0.4, 0.5) is 0 Å². The summed E-state index contributed by atoms with van der Waals surface area (Å²) in [7, 11) is 0. The molecule has 0 unspecified atom stereocenters. The molecule has 0 heterocycles. The Morgan fingerprint density at radius 3 is 1.42 bits per heavy atom. The smallest absolute Gasteiger partial charge is 0.303 e. The highest BCUT2D eigenvalue weighted by Crippen LogP contribution is 2.32. The third-order valence-corrected chi connectivity index (χ3v) is 4.46. The van der Waals surface area contributed by atoms with E-state index in [2.05, 4.69) is 0 Å². The third kappa shape index (κ3) is 4.88. The van der Waals surface area contributed by atoms with Crippen LogP contribution in [0.2, 0.25) is 0 Å². The summed E-state index contributed by atoms with van der Waals surface area (Å²) in [4.78, 5) is 46.9. The number of allylic oxidation sites excluding steroid dienone is 2. The quantitative estimate of drug-likeness (QED) is 0.618. The van der Waals surface area contributed by atoms with E-state index in [1.165, 1.54) is 0 Å². The molecule has 6 heteroatoms. The second kappa shape index (κ2) is 9.08. The molecular weight excluding hydrogens is 336 g/mol. The molecular formula is C20H22O6. The standard InChI is InChI=1S/C20H22O6/c21-17(22)11-5-3-9-15-16(10-4-6-12-18(23)24)20(26)14-8-2-1-7-13(14)19(15)25/h1-2,7-8H,3-6,9-12H2,(H,21,22)(H,23,24). The molecule has 0 saturated heterocycles.